The first-order chi connectivity index (χ1) is 36.9. The summed E-state index contributed by atoms with van der Waals surface area (Å²) in [5.41, 5.74) is 5.06. The Bertz CT molecular complexity index is 3010. The third-order valence-corrected chi connectivity index (χ3v) is 21.7. The highest BCUT2D eigenvalue weighted by Crippen LogP contribution is 2.51. The third-order valence-electron chi connectivity index (χ3n) is 15.4. The average molecular weight is 1180 g/mol. The van der Waals surface area contributed by atoms with E-state index in [0.29, 0.717) is 46.0 Å². The maximum Gasteiger partial charge on any atom is 0.252 e. The Morgan fingerprint density at radius 2 is 0.885 bits per heavy atom. The van der Waals surface area contributed by atoms with Gasteiger partial charge >= 0.3 is 0 Å². The largest absolute Gasteiger partial charge is 0.358 e. The number of sulfone groups is 2. The highest BCUT2D eigenvalue weighted by atomic mass is 35.5. The Hall–Kier alpha value is -4.52. The molecule has 10 rings (SSSR count). The maximum absolute atomic E-state index is 14.4. The van der Waals surface area contributed by atoms with E-state index < -0.39 is 77.8 Å². The number of morpholine rings is 2. The molecule has 0 radical (unpaired) electrons. The molecule has 8 atom stereocenters. The third kappa shape index (κ3) is 13.3. The molecule has 4 aromatic carbocycles. The molecule has 20 heteroatoms. The number of amides is 2. The molecule has 2 aliphatic carbocycles. The fourth-order valence-corrected chi connectivity index (χ4v) is 13.9. The second-order valence-corrected chi connectivity index (χ2v) is 30.4. The van der Waals surface area contributed by atoms with Crippen LogP contribution in [0.1, 0.15) is 127 Å². The number of nitrogens with zero attached hydrogens (tertiary/aromatic N) is 6. The lowest BCUT2D eigenvalue weighted by atomic mass is 9.89. The fraction of sp³-hybridized carbons (Fsp3) is 0.483. The van der Waals surface area contributed by atoms with Crippen LogP contribution in [0.15, 0.2) is 141 Å². The maximum atomic E-state index is 14.4. The standard InChI is InChI=1S/2C29H33Cl2N3O4S/c2*1-29(2,3)39(36,37)17-24(19-7-8-19)34-26(20-9-11-22(30)12-10-20)27(21-5-4-6-23(31)14-21)38-25(28(34)35)13-18-15-32-33-16-18/h2*4-6,9-12,14-15,19,24-27H,7-8,13,16-17H2,1-3H3/t24-,25+,26-,27-;24-,25-,26-,27-/m11/s1. The van der Waals surface area contributed by atoms with Crippen molar-refractivity contribution in [2.24, 2.45) is 32.3 Å². The van der Waals surface area contributed by atoms with Crippen molar-refractivity contribution in [3.05, 3.63) is 163 Å². The number of hydrogen-bond acceptors (Lipinski definition) is 12. The van der Waals surface area contributed by atoms with Crippen molar-refractivity contribution >= 4 is 77.9 Å². The Kier molecular flexibility index (Phi) is 17.5. The minimum absolute atomic E-state index is 0.0929. The first-order valence-corrected chi connectivity index (χ1v) is 31.2. The Morgan fingerprint density at radius 3 is 1.18 bits per heavy atom. The summed E-state index contributed by atoms with van der Waals surface area (Å²) in [4.78, 5) is 32.4. The van der Waals surface area contributed by atoms with Gasteiger partial charge in [-0.25, -0.2) is 16.8 Å². The summed E-state index contributed by atoms with van der Waals surface area (Å²) in [5.74, 6) is -0.478. The lowest BCUT2D eigenvalue weighted by molar-refractivity contribution is -0.179. The van der Waals surface area contributed by atoms with E-state index in [2.05, 4.69) is 20.5 Å². The van der Waals surface area contributed by atoms with Crippen LogP contribution in [0.2, 0.25) is 20.1 Å². The highest BCUT2D eigenvalue weighted by Gasteiger charge is 2.54. The molecule has 6 aliphatic rings. The molecule has 4 fully saturated rings. The van der Waals surface area contributed by atoms with Crippen molar-refractivity contribution < 1.29 is 35.9 Å². The fourth-order valence-electron chi connectivity index (χ4n) is 10.5. The van der Waals surface area contributed by atoms with Gasteiger partial charge in [0, 0.05) is 45.0 Å². The van der Waals surface area contributed by atoms with Crippen molar-refractivity contribution in [3.8, 4) is 0 Å². The van der Waals surface area contributed by atoms with E-state index in [1.54, 1.807) is 90.3 Å². The Balaban J connectivity index is 0.000000190. The van der Waals surface area contributed by atoms with E-state index in [9.17, 15) is 26.4 Å². The smallest absolute Gasteiger partial charge is 0.252 e. The van der Waals surface area contributed by atoms with Gasteiger partial charge in [-0.2, -0.15) is 20.5 Å². The van der Waals surface area contributed by atoms with Crippen molar-refractivity contribution in [2.45, 2.75) is 138 Å². The summed E-state index contributed by atoms with van der Waals surface area (Å²) < 4.78 is 65.5. The number of hydrogen-bond donors (Lipinski definition) is 0. The number of carbonyl (C=O) groups is 2. The topological polar surface area (TPSA) is 177 Å². The highest BCUT2D eigenvalue weighted by molar-refractivity contribution is 7.93. The monoisotopic (exact) mass is 1180 g/mol. The first-order valence-electron chi connectivity index (χ1n) is 26.4. The summed E-state index contributed by atoms with van der Waals surface area (Å²) in [7, 11) is -7.07. The van der Waals surface area contributed by atoms with Crippen LogP contribution in [0.5, 0.6) is 0 Å². The van der Waals surface area contributed by atoms with Crippen LogP contribution in [0.25, 0.3) is 0 Å². The van der Waals surface area contributed by atoms with Crippen LogP contribution >= 0.6 is 46.4 Å². The quantitative estimate of drug-likeness (QED) is 0.106. The van der Waals surface area contributed by atoms with Crippen molar-refractivity contribution in [1.82, 2.24) is 9.80 Å². The van der Waals surface area contributed by atoms with E-state index >= 15 is 0 Å². The number of halogens is 4. The lowest BCUT2D eigenvalue weighted by Gasteiger charge is -2.48. The number of rotatable bonds is 16. The van der Waals surface area contributed by atoms with Crippen LogP contribution in [-0.2, 0) is 38.7 Å². The zero-order valence-electron chi connectivity index (χ0n) is 44.5. The van der Waals surface area contributed by atoms with E-state index in [0.717, 1.165) is 59.1 Å². The summed E-state index contributed by atoms with van der Waals surface area (Å²) in [5, 5.41) is 18.2. The van der Waals surface area contributed by atoms with Crippen LogP contribution < -0.4 is 0 Å². The zero-order chi connectivity index (χ0) is 55.9. The predicted octanol–water partition coefficient (Wildman–Crippen LogP) is 13.5. The van der Waals surface area contributed by atoms with E-state index in [1.807, 2.05) is 70.5 Å². The first kappa shape index (κ1) is 58.1. The molecule has 0 spiro atoms. The summed E-state index contributed by atoms with van der Waals surface area (Å²) in [6, 6.07) is 27.4. The summed E-state index contributed by atoms with van der Waals surface area (Å²) >= 11 is 25.3. The molecule has 4 aliphatic heterocycles. The number of azo groups is 2. The normalized spacial score (nSPS) is 24.6. The number of benzene rings is 4. The lowest BCUT2D eigenvalue weighted by Crippen LogP contribution is -2.57. The van der Waals surface area contributed by atoms with Crippen LogP contribution in [0, 0.1) is 11.8 Å². The van der Waals surface area contributed by atoms with Crippen molar-refractivity contribution in [1.29, 1.82) is 0 Å². The molecule has 4 heterocycles. The number of carbonyl (C=O) groups excluding carboxylic acids is 2. The van der Waals surface area contributed by atoms with E-state index in [-0.39, 0.29) is 35.2 Å². The number of ether oxygens (including phenoxy) is 2. The molecule has 2 amide bonds. The second-order valence-electron chi connectivity index (χ2n) is 23.1. The average Bonchev–Trinajstić information content (AvgIpc) is 4.45. The second kappa shape index (κ2) is 23.5. The Labute approximate surface area is 478 Å². The molecule has 0 unspecified atom stereocenters. The van der Waals surface area contributed by atoms with Gasteiger partial charge in [0.25, 0.3) is 11.8 Å². The van der Waals surface area contributed by atoms with Gasteiger partial charge < -0.3 is 19.3 Å². The molecule has 4 aromatic rings. The molecule has 14 nitrogen and oxygen atoms in total. The van der Waals surface area contributed by atoms with Gasteiger partial charge in [-0.3, -0.25) is 9.59 Å². The van der Waals surface area contributed by atoms with Gasteiger partial charge in [-0.1, -0.05) is 94.9 Å². The molecule has 0 aromatic heterocycles. The molecule has 78 heavy (non-hydrogen) atoms. The SMILES string of the molecule is CC(C)(C)S(=O)(=O)C[C@H](C1CC1)N1C(=O)[C@@H](CC2=CN=NC2)O[C@H](c2cccc(Cl)c2)[C@H]1c1ccc(Cl)cc1.CC(C)(C)S(=O)(=O)C[C@H](C1CC1)N1C(=O)[C@H](CC2=CN=NC2)O[C@H](c2cccc(Cl)c2)[C@H]1c1ccc(Cl)cc1. The summed E-state index contributed by atoms with van der Waals surface area (Å²) in [6.45, 7) is 11.1. The van der Waals surface area contributed by atoms with Crippen LogP contribution in [-0.4, -0.2) is 96.8 Å². The Morgan fingerprint density at radius 1 is 0.526 bits per heavy atom. The van der Waals surface area contributed by atoms with Gasteiger partial charge in [0.05, 0.1) is 58.6 Å². The minimum atomic E-state index is -3.53. The van der Waals surface area contributed by atoms with Gasteiger partial charge in [0.2, 0.25) is 0 Å². The van der Waals surface area contributed by atoms with Crippen molar-refractivity contribution in [3.63, 3.8) is 0 Å². The van der Waals surface area contributed by atoms with Crippen LogP contribution in [0.4, 0.5) is 0 Å². The molecular weight excluding hydrogens is 1110 g/mol. The van der Waals surface area contributed by atoms with Crippen molar-refractivity contribution in [2.75, 3.05) is 24.6 Å². The van der Waals surface area contributed by atoms with E-state index in [4.69, 9.17) is 55.9 Å². The zero-order valence-corrected chi connectivity index (χ0v) is 49.2. The van der Waals surface area contributed by atoms with Crippen LogP contribution in [0.3, 0.4) is 0 Å². The molecule has 0 bridgehead atoms. The van der Waals surface area contributed by atoms with Gasteiger partial charge in [0.15, 0.2) is 19.7 Å². The molecule has 2 saturated heterocycles. The minimum Gasteiger partial charge on any atom is -0.358 e. The molecular formula is C58H66Cl4N6O8S2. The van der Waals surface area contributed by atoms with Gasteiger partial charge in [0.1, 0.15) is 24.4 Å². The molecule has 0 N–H and O–H groups in total. The van der Waals surface area contributed by atoms with E-state index in [1.165, 1.54) is 0 Å². The molecule has 416 valence electrons. The van der Waals surface area contributed by atoms with Gasteiger partial charge in [-0.15, -0.1) is 0 Å². The molecule has 2 saturated carbocycles. The summed E-state index contributed by atoms with van der Waals surface area (Å²) in [6.07, 6.45) is 4.70. The van der Waals surface area contributed by atoms with Gasteiger partial charge in [-0.05, 0) is 161 Å². The predicted molar refractivity (Wildman–Crippen MR) is 305 cm³/mol.